The molecule has 0 unspecified atom stereocenters. The summed E-state index contributed by atoms with van der Waals surface area (Å²) in [5, 5.41) is 19.6. The fourth-order valence-corrected chi connectivity index (χ4v) is 1.82. The molecule has 1 rings (SSSR count). The molecule has 1 aliphatic rings. The Morgan fingerprint density at radius 3 is 2.78 bits per heavy atom. The van der Waals surface area contributed by atoms with E-state index in [-0.39, 0.29) is 11.4 Å². The first-order valence-electron chi connectivity index (χ1n) is 3.07. The Labute approximate surface area is 58.9 Å². The molecule has 0 aliphatic heterocycles. The highest BCUT2D eigenvalue weighted by Gasteiger charge is 2.25. The summed E-state index contributed by atoms with van der Waals surface area (Å²) in [5.41, 5.74) is 0. The number of aliphatic hydroxyl groups excluding tert-OH is 1. The molecule has 9 heavy (non-hydrogen) atoms. The molecule has 0 spiro atoms. The molecule has 1 fully saturated rings. The van der Waals surface area contributed by atoms with Crippen molar-refractivity contribution in [2.24, 2.45) is 0 Å². The van der Waals surface area contributed by atoms with E-state index in [9.17, 15) is 0 Å². The second-order valence-electron chi connectivity index (χ2n) is 2.25. The maximum Gasteiger partial charge on any atom is 0.133 e. The Bertz CT molecular complexity index is 132. The second kappa shape index (κ2) is 3.09. The lowest BCUT2D eigenvalue weighted by atomic mass is 10.3. The summed E-state index contributed by atoms with van der Waals surface area (Å²) >= 11 is 1.20. The number of hydrogen-bond donors (Lipinski definition) is 1. The number of aliphatic hydroxyl groups is 1. The lowest BCUT2D eigenvalue weighted by Crippen LogP contribution is -2.13. The van der Waals surface area contributed by atoms with Crippen molar-refractivity contribution in [3.05, 3.63) is 0 Å². The first-order chi connectivity index (χ1) is 4.34. The predicted octanol–water partition coefficient (Wildman–Crippen LogP) is 1.11. The SMILES string of the molecule is N#CS[C@@H]1CCC[C@H]1O. The van der Waals surface area contributed by atoms with E-state index >= 15 is 0 Å². The van der Waals surface area contributed by atoms with Crippen LogP contribution in [0.5, 0.6) is 0 Å². The molecule has 2 atom stereocenters. The molecule has 1 N–H and O–H groups in total. The molecule has 3 heteroatoms. The van der Waals surface area contributed by atoms with Crippen molar-refractivity contribution >= 4 is 11.8 Å². The zero-order chi connectivity index (χ0) is 6.69. The summed E-state index contributed by atoms with van der Waals surface area (Å²) < 4.78 is 0. The molecule has 0 radical (unpaired) electrons. The molecular weight excluding hydrogens is 134 g/mol. The van der Waals surface area contributed by atoms with Gasteiger partial charge in [0.25, 0.3) is 0 Å². The minimum atomic E-state index is -0.227. The Kier molecular flexibility index (Phi) is 2.38. The van der Waals surface area contributed by atoms with Crippen molar-refractivity contribution in [3.63, 3.8) is 0 Å². The summed E-state index contributed by atoms with van der Waals surface area (Å²) in [7, 11) is 0. The lowest BCUT2D eigenvalue weighted by molar-refractivity contribution is 0.188. The van der Waals surface area contributed by atoms with Gasteiger partial charge in [0.1, 0.15) is 5.40 Å². The van der Waals surface area contributed by atoms with Crippen molar-refractivity contribution in [2.45, 2.75) is 30.6 Å². The highest BCUT2D eigenvalue weighted by Crippen LogP contribution is 2.28. The first-order valence-corrected chi connectivity index (χ1v) is 3.95. The van der Waals surface area contributed by atoms with E-state index < -0.39 is 0 Å². The molecule has 0 bridgehead atoms. The molecule has 0 aromatic rings. The van der Waals surface area contributed by atoms with E-state index in [1.54, 1.807) is 0 Å². The van der Waals surface area contributed by atoms with E-state index in [0.29, 0.717) is 0 Å². The van der Waals surface area contributed by atoms with Gasteiger partial charge < -0.3 is 5.11 Å². The Morgan fingerprint density at radius 2 is 2.33 bits per heavy atom. The molecule has 2 nitrogen and oxygen atoms in total. The van der Waals surface area contributed by atoms with Crippen molar-refractivity contribution in [1.82, 2.24) is 0 Å². The Morgan fingerprint density at radius 1 is 1.56 bits per heavy atom. The van der Waals surface area contributed by atoms with Gasteiger partial charge >= 0.3 is 0 Å². The van der Waals surface area contributed by atoms with Gasteiger partial charge in [0.15, 0.2) is 0 Å². The van der Waals surface area contributed by atoms with Crippen LogP contribution in [0.2, 0.25) is 0 Å². The molecule has 0 aromatic carbocycles. The fourth-order valence-electron chi connectivity index (χ4n) is 1.11. The lowest BCUT2D eigenvalue weighted by Gasteiger charge is -2.06. The summed E-state index contributed by atoms with van der Waals surface area (Å²) in [5.74, 6) is 0. The van der Waals surface area contributed by atoms with Crippen LogP contribution in [0.1, 0.15) is 19.3 Å². The molecule has 0 heterocycles. The zero-order valence-electron chi connectivity index (χ0n) is 5.08. The highest BCUT2D eigenvalue weighted by atomic mass is 32.2. The number of thioether (sulfide) groups is 1. The highest BCUT2D eigenvalue weighted by molar-refractivity contribution is 8.04. The normalized spacial score (nSPS) is 34.2. The minimum Gasteiger partial charge on any atom is -0.392 e. The predicted molar refractivity (Wildman–Crippen MR) is 36.8 cm³/mol. The van der Waals surface area contributed by atoms with Crippen LogP contribution in [-0.2, 0) is 0 Å². The molecule has 1 saturated carbocycles. The molecule has 50 valence electrons. The van der Waals surface area contributed by atoms with Crippen molar-refractivity contribution in [1.29, 1.82) is 5.26 Å². The van der Waals surface area contributed by atoms with E-state index in [0.717, 1.165) is 19.3 Å². The number of nitrogens with zero attached hydrogens (tertiary/aromatic N) is 1. The van der Waals surface area contributed by atoms with Gasteiger partial charge in [0.05, 0.1) is 6.10 Å². The van der Waals surface area contributed by atoms with Crippen molar-refractivity contribution < 1.29 is 5.11 Å². The van der Waals surface area contributed by atoms with Gasteiger partial charge in [-0.25, -0.2) is 0 Å². The van der Waals surface area contributed by atoms with Gasteiger partial charge in [-0.05, 0) is 31.0 Å². The van der Waals surface area contributed by atoms with Gasteiger partial charge in [-0.1, -0.05) is 0 Å². The molecule has 0 saturated heterocycles. The molecular formula is C6H9NOS. The Hall–Kier alpha value is -0.200. The minimum absolute atomic E-state index is 0.190. The third kappa shape index (κ3) is 1.60. The van der Waals surface area contributed by atoms with Crippen molar-refractivity contribution in [2.75, 3.05) is 0 Å². The third-order valence-corrected chi connectivity index (χ3v) is 2.58. The van der Waals surface area contributed by atoms with Crippen LogP contribution >= 0.6 is 11.8 Å². The fraction of sp³-hybridized carbons (Fsp3) is 0.833. The largest absolute Gasteiger partial charge is 0.392 e. The van der Waals surface area contributed by atoms with Gasteiger partial charge in [-0.3, -0.25) is 0 Å². The van der Waals surface area contributed by atoms with Gasteiger partial charge in [0, 0.05) is 5.25 Å². The molecule has 1 aliphatic carbocycles. The maximum absolute atomic E-state index is 9.15. The molecule has 0 amide bonds. The second-order valence-corrected chi connectivity index (χ2v) is 3.27. The summed E-state index contributed by atoms with van der Waals surface area (Å²) in [6, 6.07) is 0. The van der Waals surface area contributed by atoms with E-state index in [4.69, 9.17) is 10.4 Å². The van der Waals surface area contributed by atoms with E-state index in [1.165, 1.54) is 11.8 Å². The topological polar surface area (TPSA) is 44.0 Å². The van der Waals surface area contributed by atoms with Crippen LogP contribution in [0, 0.1) is 10.7 Å². The maximum atomic E-state index is 9.15. The smallest absolute Gasteiger partial charge is 0.133 e. The van der Waals surface area contributed by atoms with E-state index in [1.807, 2.05) is 5.40 Å². The number of hydrogen-bond acceptors (Lipinski definition) is 3. The number of rotatable bonds is 1. The van der Waals surface area contributed by atoms with Crippen LogP contribution < -0.4 is 0 Å². The van der Waals surface area contributed by atoms with Gasteiger partial charge in [0.2, 0.25) is 0 Å². The van der Waals surface area contributed by atoms with Gasteiger partial charge in [-0.15, -0.1) is 0 Å². The van der Waals surface area contributed by atoms with Crippen LogP contribution in [0.4, 0.5) is 0 Å². The number of nitriles is 1. The average Bonchev–Trinajstić information content (AvgIpc) is 2.18. The summed E-state index contributed by atoms with van der Waals surface area (Å²) in [6.07, 6.45) is 2.72. The van der Waals surface area contributed by atoms with Gasteiger partial charge in [-0.2, -0.15) is 5.26 Å². The summed E-state index contributed by atoms with van der Waals surface area (Å²) in [4.78, 5) is 0. The van der Waals surface area contributed by atoms with Crippen LogP contribution in [-0.4, -0.2) is 16.5 Å². The van der Waals surface area contributed by atoms with Crippen LogP contribution in [0.25, 0.3) is 0 Å². The zero-order valence-corrected chi connectivity index (χ0v) is 5.90. The van der Waals surface area contributed by atoms with E-state index in [2.05, 4.69) is 0 Å². The molecule has 0 aromatic heterocycles. The van der Waals surface area contributed by atoms with Crippen LogP contribution in [0.3, 0.4) is 0 Å². The average molecular weight is 143 g/mol. The third-order valence-electron chi connectivity index (χ3n) is 1.62. The summed E-state index contributed by atoms with van der Waals surface area (Å²) in [6.45, 7) is 0. The monoisotopic (exact) mass is 143 g/mol. The van der Waals surface area contributed by atoms with Crippen molar-refractivity contribution in [3.8, 4) is 5.40 Å². The standard InChI is InChI=1S/C6H9NOS/c7-4-9-6-3-1-2-5(6)8/h5-6,8H,1-3H2/t5-,6-/m1/s1. The quantitative estimate of drug-likeness (QED) is 0.559. The Balaban J connectivity index is 2.33. The first kappa shape index (κ1) is 6.91. The van der Waals surface area contributed by atoms with Crippen LogP contribution in [0.15, 0.2) is 0 Å². The number of thiocyanates is 1.